The number of rotatable bonds is 3. The zero-order valence-corrected chi connectivity index (χ0v) is 11.1. The van der Waals surface area contributed by atoms with Crippen molar-refractivity contribution in [1.82, 2.24) is 25.1 Å². The normalized spacial score (nSPS) is 17.8. The second-order valence-electron chi connectivity index (χ2n) is 4.98. The van der Waals surface area contributed by atoms with Crippen LogP contribution in [0.15, 0.2) is 24.3 Å². The van der Waals surface area contributed by atoms with Crippen molar-refractivity contribution in [2.75, 3.05) is 13.1 Å². The van der Waals surface area contributed by atoms with E-state index in [2.05, 4.69) is 15.5 Å². The molecule has 21 heavy (non-hydrogen) atoms. The van der Waals surface area contributed by atoms with Crippen LogP contribution >= 0.6 is 0 Å². The van der Waals surface area contributed by atoms with Gasteiger partial charge >= 0.3 is 0 Å². The number of aromatic nitrogens is 4. The van der Waals surface area contributed by atoms with Gasteiger partial charge in [-0.2, -0.15) is 9.94 Å². The third kappa shape index (κ3) is 2.87. The first-order chi connectivity index (χ1) is 10.1. The number of nitriles is 1. The van der Waals surface area contributed by atoms with Crippen molar-refractivity contribution >= 4 is 0 Å². The molecule has 0 bridgehead atoms. The summed E-state index contributed by atoms with van der Waals surface area (Å²) in [5.41, 5.74) is 1.23. The van der Waals surface area contributed by atoms with Gasteiger partial charge in [0.15, 0.2) is 5.82 Å². The van der Waals surface area contributed by atoms with E-state index < -0.39 is 5.92 Å². The molecule has 0 radical (unpaired) electrons. The monoisotopic (exact) mass is 290 g/mol. The molecule has 3 rings (SSSR count). The Morgan fingerprint density at radius 1 is 1.29 bits per heavy atom. The molecule has 0 amide bonds. The standard InChI is InChI=1S/C13H12F2N6/c14-13(15)5-6-20(9-13)8-12-17-18-19-21(12)11-3-1-10(7-16)2-4-11/h1-4H,5-6,8-9H2. The lowest BCUT2D eigenvalue weighted by molar-refractivity contribution is 0.0112. The maximum absolute atomic E-state index is 13.2. The van der Waals surface area contributed by atoms with Crippen molar-refractivity contribution in [3.63, 3.8) is 0 Å². The average Bonchev–Trinajstić information content (AvgIpc) is 3.06. The summed E-state index contributed by atoms with van der Waals surface area (Å²) in [4.78, 5) is 1.63. The fraction of sp³-hybridized carbons (Fsp3) is 0.385. The Morgan fingerprint density at radius 2 is 2.05 bits per heavy atom. The van der Waals surface area contributed by atoms with Crippen LogP contribution in [0.5, 0.6) is 0 Å². The molecule has 1 aromatic heterocycles. The summed E-state index contributed by atoms with van der Waals surface area (Å²) in [6, 6.07) is 8.78. The number of tetrazole rings is 1. The van der Waals surface area contributed by atoms with Gasteiger partial charge in [0, 0.05) is 13.0 Å². The molecule has 1 saturated heterocycles. The first kappa shape index (κ1) is 13.6. The summed E-state index contributed by atoms with van der Waals surface area (Å²) in [7, 11) is 0. The second kappa shape index (κ2) is 5.18. The Kier molecular flexibility index (Phi) is 3.35. The molecule has 8 heteroatoms. The molecule has 1 fully saturated rings. The Morgan fingerprint density at radius 3 is 2.67 bits per heavy atom. The third-order valence-corrected chi connectivity index (χ3v) is 3.39. The van der Waals surface area contributed by atoms with E-state index in [-0.39, 0.29) is 19.5 Å². The summed E-state index contributed by atoms with van der Waals surface area (Å²) in [5, 5.41) is 20.2. The third-order valence-electron chi connectivity index (χ3n) is 3.39. The van der Waals surface area contributed by atoms with Crippen molar-refractivity contribution in [1.29, 1.82) is 5.26 Å². The van der Waals surface area contributed by atoms with E-state index in [0.29, 0.717) is 23.6 Å². The van der Waals surface area contributed by atoms with Crippen LogP contribution in [0.2, 0.25) is 0 Å². The fourth-order valence-corrected chi connectivity index (χ4v) is 2.32. The molecule has 108 valence electrons. The molecular weight excluding hydrogens is 278 g/mol. The number of nitrogens with zero attached hydrogens (tertiary/aromatic N) is 6. The lowest BCUT2D eigenvalue weighted by Crippen LogP contribution is -2.26. The van der Waals surface area contributed by atoms with Crippen LogP contribution in [0.1, 0.15) is 17.8 Å². The highest BCUT2D eigenvalue weighted by molar-refractivity contribution is 5.38. The van der Waals surface area contributed by atoms with E-state index in [0.717, 1.165) is 0 Å². The minimum Gasteiger partial charge on any atom is -0.290 e. The molecule has 0 spiro atoms. The van der Waals surface area contributed by atoms with Gasteiger partial charge in [-0.3, -0.25) is 4.90 Å². The largest absolute Gasteiger partial charge is 0.290 e. The van der Waals surface area contributed by atoms with E-state index in [4.69, 9.17) is 5.26 Å². The van der Waals surface area contributed by atoms with E-state index in [1.165, 1.54) is 4.68 Å². The molecule has 1 aliphatic rings. The van der Waals surface area contributed by atoms with Crippen molar-refractivity contribution < 1.29 is 8.78 Å². The highest BCUT2D eigenvalue weighted by Gasteiger charge is 2.38. The second-order valence-corrected chi connectivity index (χ2v) is 4.98. The fourth-order valence-electron chi connectivity index (χ4n) is 2.32. The molecule has 2 heterocycles. The summed E-state index contributed by atoms with van der Waals surface area (Å²) < 4.78 is 27.9. The van der Waals surface area contributed by atoms with Crippen LogP contribution in [0, 0.1) is 11.3 Å². The highest BCUT2D eigenvalue weighted by atomic mass is 19.3. The quantitative estimate of drug-likeness (QED) is 0.854. The first-order valence-corrected chi connectivity index (χ1v) is 6.45. The molecule has 0 aliphatic carbocycles. The molecule has 0 saturated carbocycles. The summed E-state index contributed by atoms with van der Waals surface area (Å²) in [5.74, 6) is -2.13. The van der Waals surface area contributed by atoms with Crippen LogP contribution in [0.4, 0.5) is 8.78 Å². The number of halogens is 2. The Hall–Kier alpha value is -2.40. The summed E-state index contributed by atoms with van der Waals surface area (Å²) in [6.07, 6.45) is -0.133. The lowest BCUT2D eigenvalue weighted by atomic mass is 10.2. The van der Waals surface area contributed by atoms with Crippen LogP contribution in [-0.2, 0) is 6.54 Å². The van der Waals surface area contributed by atoms with Crippen LogP contribution < -0.4 is 0 Å². The Bertz CT molecular complexity index is 673. The maximum Gasteiger partial charge on any atom is 0.261 e. The van der Waals surface area contributed by atoms with Crippen molar-refractivity contribution in [2.24, 2.45) is 0 Å². The molecule has 2 aromatic rings. The summed E-state index contributed by atoms with van der Waals surface area (Å²) in [6.45, 7) is 0.322. The molecule has 6 nitrogen and oxygen atoms in total. The van der Waals surface area contributed by atoms with Crippen LogP contribution in [0.25, 0.3) is 5.69 Å². The Balaban J connectivity index is 1.79. The van der Waals surface area contributed by atoms with Gasteiger partial charge in [-0.05, 0) is 34.7 Å². The lowest BCUT2D eigenvalue weighted by Gasteiger charge is -2.14. The van der Waals surface area contributed by atoms with E-state index in [9.17, 15) is 8.78 Å². The van der Waals surface area contributed by atoms with Gasteiger partial charge < -0.3 is 0 Å². The topological polar surface area (TPSA) is 70.6 Å². The molecule has 1 aliphatic heterocycles. The minimum absolute atomic E-state index is 0.133. The first-order valence-electron chi connectivity index (χ1n) is 6.45. The van der Waals surface area contributed by atoms with E-state index in [1.807, 2.05) is 6.07 Å². The summed E-state index contributed by atoms with van der Waals surface area (Å²) >= 11 is 0. The van der Waals surface area contributed by atoms with Crippen molar-refractivity contribution in [3.8, 4) is 11.8 Å². The van der Waals surface area contributed by atoms with Gasteiger partial charge in [0.05, 0.1) is 30.4 Å². The van der Waals surface area contributed by atoms with Crippen molar-refractivity contribution in [3.05, 3.63) is 35.7 Å². The Labute approximate surface area is 119 Å². The van der Waals surface area contributed by atoms with E-state index in [1.54, 1.807) is 29.2 Å². The molecule has 0 atom stereocenters. The van der Waals surface area contributed by atoms with Gasteiger partial charge in [0.1, 0.15) is 0 Å². The average molecular weight is 290 g/mol. The molecule has 0 unspecified atom stereocenters. The van der Waals surface area contributed by atoms with Crippen molar-refractivity contribution in [2.45, 2.75) is 18.9 Å². The highest BCUT2D eigenvalue weighted by Crippen LogP contribution is 2.27. The number of benzene rings is 1. The molecule has 0 N–H and O–H groups in total. The maximum atomic E-state index is 13.2. The zero-order chi connectivity index (χ0) is 14.9. The minimum atomic E-state index is -2.63. The SMILES string of the molecule is N#Cc1ccc(-n2nnnc2CN2CCC(F)(F)C2)cc1. The van der Waals surface area contributed by atoms with Gasteiger partial charge in [-0.1, -0.05) is 0 Å². The predicted molar refractivity (Wildman–Crippen MR) is 68.7 cm³/mol. The number of hydrogen-bond donors (Lipinski definition) is 0. The number of hydrogen-bond acceptors (Lipinski definition) is 5. The molecule has 1 aromatic carbocycles. The number of likely N-dealkylation sites (tertiary alicyclic amines) is 1. The van der Waals surface area contributed by atoms with E-state index >= 15 is 0 Å². The van der Waals surface area contributed by atoms with Gasteiger partial charge in [-0.25, -0.2) is 8.78 Å². The van der Waals surface area contributed by atoms with Gasteiger partial charge in [0.2, 0.25) is 0 Å². The smallest absolute Gasteiger partial charge is 0.261 e. The van der Waals surface area contributed by atoms with Crippen LogP contribution in [-0.4, -0.2) is 44.1 Å². The van der Waals surface area contributed by atoms with Gasteiger partial charge in [0.25, 0.3) is 5.92 Å². The predicted octanol–water partition coefficient (Wildman–Crippen LogP) is 1.37. The zero-order valence-electron chi connectivity index (χ0n) is 11.1. The van der Waals surface area contributed by atoms with Crippen LogP contribution in [0.3, 0.4) is 0 Å². The van der Waals surface area contributed by atoms with Gasteiger partial charge in [-0.15, -0.1) is 5.10 Å². The molecular formula is C13H12F2N6. The number of alkyl halides is 2.